The Bertz CT molecular complexity index is 455. The van der Waals surface area contributed by atoms with Crippen LogP contribution in [0.5, 0.6) is 0 Å². The van der Waals surface area contributed by atoms with Gasteiger partial charge in [-0.05, 0) is 44.5 Å². The lowest BCUT2D eigenvalue weighted by molar-refractivity contribution is -0.116. The van der Waals surface area contributed by atoms with E-state index in [1.807, 2.05) is 6.92 Å². The second-order valence-corrected chi connectivity index (χ2v) is 5.67. The van der Waals surface area contributed by atoms with Gasteiger partial charge in [-0.25, -0.2) is 4.39 Å². The molecule has 0 bridgehead atoms. The molecule has 2 N–H and O–H groups in total. The summed E-state index contributed by atoms with van der Waals surface area (Å²) in [4.78, 5) is 11.9. The molecule has 4 nitrogen and oxygen atoms in total. The van der Waals surface area contributed by atoms with E-state index < -0.39 is 0 Å². The van der Waals surface area contributed by atoms with Crippen molar-refractivity contribution in [2.24, 2.45) is 0 Å². The number of amides is 1. The maximum absolute atomic E-state index is 12.8. The van der Waals surface area contributed by atoms with Gasteiger partial charge in [0.15, 0.2) is 0 Å². The predicted octanol–water partition coefficient (Wildman–Crippen LogP) is 2.31. The van der Waals surface area contributed by atoms with Gasteiger partial charge in [0.2, 0.25) is 5.91 Å². The fourth-order valence-electron chi connectivity index (χ4n) is 2.45. The molecule has 20 heavy (non-hydrogen) atoms. The summed E-state index contributed by atoms with van der Waals surface area (Å²) >= 11 is 0. The van der Waals surface area contributed by atoms with Crippen LogP contribution in [0, 0.1) is 5.82 Å². The van der Waals surface area contributed by atoms with Crippen LogP contribution in [0.3, 0.4) is 0 Å². The molecule has 0 aromatic heterocycles. The zero-order chi connectivity index (χ0) is 14.6. The van der Waals surface area contributed by atoms with Crippen LogP contribution in [0.2, 0.25) is 0 Å². The molecule has 1 aromatic carbocycles. The van der Waals surface area contributed by atoms with Gasteiger partial charge in [-0.2, -0.15) is 0 Å². The highest BCUT2D eigenvalue weighted by Crippen LogP contribution is 2.19. The Kier molecular flexibility index (Phi) is 4.73. The number of anilines is 1. The zero-order valence-corrected chi connectivity index (χ0v) is 11.9. The topological polar surface area (TPSA) is 50.4 Å². The van der Waals surface area contributed by atoms with E-state index in [4.69, 9.17) is 4.74 Å². The molecule has 1 aliphatic rings. The smallest absolute Gasteiger partial charge is 0.225 e. The second kappa shape index (κ2) is 6.33. The normalized spacial score (nSPS) is 23.6. The number of rotatable bonds is 5. The highest BCUT2D eigenvalue weighted by molar-refractivity contribution is 5.91. The molecule has 1 heterocycles. The molecule has 0 saturated carbocycles. The number of ether oxygens (including phenoxy) is 1. The summed E-state index contributed by atoms with van der Waals surface area (Å²) in [6, 6.07) is 5.82. The Morgan fingerprint density at radius 2 is 2.15 bits per heavy atom. The standard InChI is InChI=1S/C15H21FN2O2/c1-11(18-15(2)7-8-20-10-15)9-14(19)17-13-5-3-12(16)4-6-13/h3-6,11,18H,7-10H2,1-2H3,(H,17,19)/t11-,15+/m0/s1. The molecule has 1 aliphatic heterocycles. The first kappa shape index (κ1) is 14.9. The molecule has 1 saturated heterocycles. The maximum atomic E-state index is 12.8. The number of carbonyl (C=O) groups is 1. The van der Waals surface area contributed by atoms with Gasteiger partial charge in [-0.1, -0.05) is 0 Å². The van der Waals surface area contributed by atoms with Gasteiger partial charge < -0.3 is 15.4 Å². The monoisotopic (exact) mass is 280 g/mol. The minimum Gasteiger partial charge on any atom is -0.379 e. The van der Waals surface area contributed by atoms with E-state index in [1.54, 1.807) is 12.1 Å². The number of benzene rings is 1. The van der Waals surface area contributed by atoms with Crippen LogP contribution in [0.15, 0.2) is 24.3 Å². The third-order valence-corrected chi connectivity index (χ3v) is 3.43. The number of hydrogen-bond donors (Lipinski definition) is 2. The molecule has 5 heteroatoms. The summed E-state index contributed by atoms with van der Waals surface area (Å²) in [5.74, 6) is -0.397. The first-order valence-corrected chi connectivity index (χ1v) is 6.88. The van der Waals surface area contributed by atoms with Crippen LogP contribution in [0.4, 0.5) is 10.1 Å². The number of hydrogen-bond acceptors (Lipinski definition) is 3. The van der Waals surface area contributed by atoms with Gasteiger partial charge in [0.05, 0.1) is 6.61 Å². The van der Waals surface area contributed by atoms with Crippen LogP contribution >= 0.6 is 0 Å². The average molecular weight is 280 g/mol. The van der Waals surface area contributed by atoms with Gasteiger partial charge in [0, 0.05) is 30.3 Å². The summed E-state index contributed by atoms with van der Waals surface area (Å²) in [6.45, 7) is 5.52. The lowest BCUT2D eigenvalue weighted by atomic mass is 10.00. The lowest BCUT2D eigenvalue weighted by Crippen LogP contribution is -2.48. The van der Waals surface area contributed by atoms with Crippen molar-refractivity contribution in [2.75, 3.05) is 18.5 Å². The molecule has 1 aromatic rings. The van der Waals surface area contributed by atoms with E-state index >= 15 is 0 Å². The zero-order valence-electron chi connectivity index (χ0n) is 11.9. The third-order valence-electron chi connectivity index (χ3n) is 3.43. The Balaban J connectivity index is 1.80. The molecule has 2 rings (SSSR count). The largest absolute Gasteiger partial charge is 0.379 e. The SMILES string of the molecule is C[C@@H](CC(=O)Nc1ccc(F)cc1)N[C@]1(C)CCOC1. The molecular weight excluding hydrogens is 259 g/mol. The average Bonchev–Trinajstić information content (AvgIpc) is 2.78. The summed E-state index contributed by atoms with van der Waals surface area (Å²) in [5.41, 5.74) is 0.564. The quantitative estimate of drug-likeness (QED) is 0.870. The molecule has 0 spiro atoms. The summed E-state index contributed by atoms with van der Waals surface area (Å²) in [7, 11) is 0. The van der Waals surface area contributed by atoms with Gasteiger partial charge >= 0.3 is 0 Å². The fourth-order valence-corrected chi connectivity index (χ4v) is 2.45. The van der Waals surface area contributed by atoms with Gasteiger partial charge in [0.25, 0.3) is 0 Å². The van der Waals surface area contributed by atoms with Crippen LogP contribution in [0.1, 0.15) is 26.7 Å². The Morgan fingerprint density at radius 1 is 1.45 bits per heavy atom. The summed E-state index contributed by atoms with van der Waals surface area (Å²) in [6.07, 6.45) is 1.32. The first-order valence-electron chi connectivity index (χ1n) is 6.88. The van der Waals surface area contributed by atoms with Gasteiger partial charge in [-0.15, -0.1) is 0 Å². The van der Waals surface area contributed by atoms with E-state index in [1.165, 1.54) is 12.1 Å². The van der Waals surface area contributed by atoms with E-state index in [2.05, 4.69) is 17.6 Å². The van der Waals surface area contributed by atoms with Crippen molar-refractivity contribution in [3.8, 4) is 0 Å². The Hall–Kier alpha value is -1.46. The molecule has 0 aliphatic carbocycles. The van der Waals surface area contributed by atoms with E-state index in [9.17, 15) is 9.18 Å². The molecule has 1 amide bonds. The Labute approximate surface area is 118 Å². The molecule has 0 unspecified atom stereocenters. The summed E-state index contributed by atoms with van der Waals surface area (Å²) < 4.78 is 18.1. The fraction of sp³-hybridized carbons (Fsp3) is 0.533. The molecular formula is C15H21FN2O2. The number of nitrogens with one attached hydrogen (secondary N) is 2. The minimum absolute atomic E-state index is 0.0461. The summed E-state index contributed by atoms with van der Waals surface area (Å²) in [5, 5.41) is 6.20. The van der Waals surface area contributed by atoms with Crippen molar-refractivity contribution in [3.05, 3.63) is 30.1 Å². The molecule has 2 atom stereocenters. The van der Waals surface area contributed by atoms with Crippen LogP contribution in [-0.2, 0) is 9.53 Å². The first-order chi connectivity index (χ1) is 9.47. The van der Waals surface area contributed by atoms with Crippen LogP contribution in [0.25, 0.3) is 0 Å². The van der Waals surface area contributed by atoms with Crippen molar-refractivity contribution < 1.29 is 13.9 Å². The van der Waals surface area contributed by atoms with Crippen molar-refractivity contribution in [1.29, 1.82) is 0 Å². The minimum atomic E-state index is -0.313. The maximum Gasteiger partial charge on any atom is 0.225 e. The highest BCUT2D eigenvalue weighted by Gasteiger charge is 2.30. The van der Waals surface area contributed by atoms with Gasteiger partial charge in [-0.3, -0.25) is 4.79 Å². The van der Waals surface area contributed by atoms with Crippen LogP contribution in [-0.4, -0.2) is 30.7 Å². The second-order valence-electron chi connectivity index (χ2n) is 5.67. The molecule has 110 valence electrons. The van der Waals surface area contributed by atoms with E-state index in [-0.39, 0.29) is 23.3 Å². The third kappa shape index (κ3) is 4.28. The number of carbonyl (C=O) groups excluding carboxylic acids is 1. The molecule has 0 radical (unpaired) electrons. The highest BCUT2D eigenvalue weighted by atomic mass is 19.1. The van der Waals surface area contributed by atoms with E-state index in [0.29, 0.717) is 18.7 Å². The van der Waals surface area contributed by atoms with Crippen molar-refractivity contribution in [2.45, 2.75) is 38.3 Å². The van der Waals surface area contributed by atoms with Gasteiger partial charge in [0.1, 0.15) is 5.82 Å². The van der Waals surface area contributed by atoms with Crippen molar-refractivity contribution in [1.82, 2.24) is 5.32 Å². The Morgan fingerprint density at radius 3 is 2.75 bits per heavy atom. The lowest BCUT2D eigenvalue weighted by Gasteiger charge is -2.28. The number of halogens is 1. The predicted molar refractivity (Wildman–Crippen MR) is 76.1 cm³/mol. The van der Waals surface area contributed by atoms with Crippen LogP contribution < -0.4 is 10.6 Å². The van der Waals surface area contributed by atoms with E-state index in [0.717, 1.165) is 13.0 Å². The molecule has 1 fully saturated rings. The van der Waals surface area contributed by atoms with Crippen molar-refractivity contribution in [3.63, 3.8) is 0 Å². The van der Waals surface area contributed by atoms with Crippen molar-refractivity contribution >= 4 is 11.6 Å².